The maximum absolute atomic E-state index is 10.7. The summed E-state index contributed by atoms with van der Waals surface area (Å²) in [5.74, 6) is -1.03. The average molecular weight is 181 g/mol. The van der Waals surface area contributed by atoms with Crippen molar-refractivity contribution in [2.45, 2.75) is 12.1 Å². The lowest BCUT2D eigenvalue weighted by Crippen LogP contribution is -2.31. The van der Waals surface area contributed by atoms with Gasteiger partial charge in [0.15, 0.2) is 9.84 Å². The minimum Gasteiger partial charge on any atom is -0.385 e. The van der Waals surface area contributed by atoms with E-state index >= 15 is 0 Å². The zero-order valence-electron chi connectivity index (χ0n) is 5.50. The second-order valence-corrected chi connectivity index (χ2v) is 4.65. The van der Waals surface area contributed by atoms with Crippen LogP contribution in [-0.4, -0.2) is 42.1 Å². The number of hydrogen-bond donors (Lipinski definition) is 1. The molecule has 1 saturated heterocycles. The Balaban J connectivity index is 2.83. The highest BCUT2D eigenvalue weighted by molar-refractivity contribution is 7.91. The van der Waals surface area contributed by atoms with Crippen LogP contribution in [0.2, 0.25) is 0 Å². The molecular weight excluding hydrogens is 174 g/mol. The first-order valence-corrected chi connectivity index (χ1v) is 4.76. The fourth-order valence-electron chi connectivity index (χ4n) is 1.01. The Bertz CT molecular complexity index is 270. The molecule has 0 unspecified atom stereocenters. The normalized spacial score (nSPS) is 35.4. The first-order chi connectivity index (χ1) is 4.92. The monoisotopic (exact) mass is 181 g/mol. The smallest absolute Gasteiger partial charge is 0.253 e. The van der Waals surface area contributed by atoms with Crippen LogP contribution in [0.25, 0.3) is 0 Å². The van der Waals surface area contributed by atoms with Gasteiger partial charge < -0.3 is 5.11 Å². The van der Waals surface area contributed by atoms with Gasteiger partial charge >= 0.3 is 0 Å². The molecule has 0 aliphatic carbocycles. The summed E-state index contributed by atoms with van der Waals surface area (Å²) in [5.41, 5.74) is 0. The van der Waals surface area contributed by atoms with Crippen LogP contribution in [0.4, 0.5) is 0 Å². The molecular formula is C4H7NO5S. The lowest BCUT2D eigenvalue weighted by atomic mass is 10.2. The fourth-order valence-corrected chi connectivity index (χ4v) is 2.75. The molecule has 0 bridgehead atoms. The third-order valence-electron chi connectivity index (χ3n) is 1.56. The first kappa shape index (κ1) is 8.41. The van der Waals surface area contributed by atoms with Crippen LogP contribution in [0.15, 0.2) is 0 Å². The summed E-state index contributed by atoms with van der Waals surface area (Å²) in [4.78, 5) is 9.33. The number of aliphatic hydroxyl groups is 1. The fraction of sp³-hybridized carbons (Fsp3) is 1.00. The van der Waals surface area contributed by atoms with Crippen molar-refractivity contribution in [3.8, 4) is 0 Å². The molecule has 0 aromatic carbocycles. The quantitative estimate of drug-likeness (QED) is 0.389. The number of hydrogen-bond acceptors (Lipinski definition) is 5. The van der Waals surface area contributed by atoms with Gasteiger partial charge in [-0.2, -0.15) is 0 Å². The summed E-state index contributed by atoms with van der Waals surface area (Å²) in [6.07, 6.45) is -1.34. The minimum absolute atomic E-state index is 0.487. The standard InChI is InChI=1S/C4H7NO5S/c6-4-2-11(9,10)1-3(4)5(7)8/h3-4,6H,1-2H2/t3-,4-/m0/s1. The zero-order valence-corrected chi connectivity index (χ0v) is 6.32. The van der Waals surface area contributed by atoms with E-state index in [2.05, 4.69) is 0 Å². The molecule has 7 heteroatoms. The summed E-state index contributed by atoms with van der Waals surface area (Å²) in [7, 11) is -3.38. The van der Waals surface area contributed by atoms with Gasteiger partial charge in [0.2, 0.25) is 0 Å². The molecule has 11 heavy (non-hydrogen) atoms. The molecule has 1 rings (SSSR count). The van der Waals surface area contributed by atoms with Crippen LogP contribution in [0.5, 0.6) is 0 Å². The van der Waals surface area contributed by atoms with Crippen molar-refractivity contribution in [3.05, 3.63) is 10.1 Å². The molecule has 0 spiro atoms. The predicted molar refractivity (Wildman–Crippen MR) is 35.4 cm³/mol. The van der Waals surface area contributed by atoms with Gasteiger partial charge in [-0.3, -0.25) is 10.1 Å². The van der Waals surface area contributed by atoms with E-state index < -0.39 is 38.4 Å². The molecule has 64 valence electrons. The summed E-state index contributed by atoms with van der Waals surface area (Å²) < 4.78 is 21.4. The molecule has 6 nitrogen and oxygen atoms in total. The zero-order chi connectivity index (χ0) is 8.65. The van der Waals surface area contributed by atoms with Gasteiger partial charge in [0.05, 0.1) is 5.75 Å². The number of sulfone groups is 1. The molecule has 0 saturated carbocycles. The summed E-state index contributed by atoms with van der Waals surface area (Å²) in [5, 5.41) is 19.0. The van der Waals surface area contributed by atoms with Crippen LogP contribution in [0.3, 0.4) is 0 Å². The van der Waals surface area contributed by atoms with Gasteiger partial charge in [-0.25, -0.2) is 8.42 Å². The van der Waals surface area contributed by atoms with Crippen molar-refractivity contribution in [1.29, 1.82) is 0 Å². The lowest BCUT2D eigenvalue weighted by molar-refractivity contribution is -0.525. The Hall–Kier alpha value is -0.690. The maximum atomic E-state index is 10.7. The van der Waals surface area contributed by atoms with E-state index in [1.54, 1.807) is 0 Å². The molecule has 1 aliphatic heterocycles. The Morgan fingerprint density at radius 2 is 2.00 bits per heavy atom. The SMILES string of the molecule is O=[N+]([O-])[C@H]1CS(=O)(=O)C[C@@H]1O. The Morgan fingerprint density at radius 3 is 2.18 bits per heavy atom. The van der Waals surface area contributed by atoms with Crippen molar-refractivity contribution < 1.29 is 18.4 Å². The highest BCUT2D eigenvalue weighted by Gasteiger charge is 2.44. The number of rotatable bonds is 1. The number of nitro groups is 1. The largest absolute Gasteiger partial charge is 0.385 e. The Kier molecular flexibility index (Phi) is 1.85. The van der Waals surface area contributed by atoms with Crippen molar-refractivity contribution in [2.75, 3.05) is 11.5 Å². The Labute approximate surface area is 62.9 Å². The molecule has 1 aliphatic rings. The number of aliphatic hydroxyl groups excluding tert-OH is 1. The van der Waals surface area contributed by atoms with Crippen molar-refractivity contribution >= 4 is 9.84 Å². The molecule has 2 atom stereocenters. The molecule has 0 aromatic heterocycles. The van der Waals surface area contributed by atoms with Gasteiger partial charge in [0.25, 0.3) is 6.04 Å². The van der Waals surface area contributed by atoms with Gasteiger partial charge in [-0.15, -0.1) is 0 Å². The van der Waals surface area contributed by atoms with E-state index in [1.807, 2.05) is 0 Å². The highest BCUT2D eigenvalue weighted by atomic mass is 32.2. The van der Waals surface area contributed by atoms with Gasteiger partial charge in [-0.05, 0) is 0 Å². The summed E-state index contributed by atoms with van der Waals surface area (Å²) >= 11 is 0. The molecule has 1 heterocycles. The van der Waals surface area contributed by atoms with Crippen LogP contribution in [0.1, 0.15) is 0 Å². The summed E-state index contributed by atoms with van der Waals surface area (Å²) in [6, 6.07) is -1.33. The van der Waals surface area contributed by atoms with E-state index in [1.165, 1.54) is 0 Å². The van der Waals surface area contributed by atoms with E-state index in [0.717, 1.165) is 0 Å². The van der Waals surface area contributed by atoms with Crippen molar-refractivity contribution in [1.82, 2.24) is 0 Å². The maximum Gasteiger partial charge on any atom is 0.253 e. The van der Waals surface area contributed by atoms with Gasteiger partial charge in [0.1, 0.15) is 11.9 Å². The van der Waals surface area contributed by atoms with E-state index in [9.17, 15) is 18.5 Å². The van der Waals surface area contributed by atoms with Crippen molar-refractivity contribution in [3.63, 3.8) is 0 Å². The second-order valence-electron chi connectivity index (χ2n) is 2.50. The highest BCUT2D eigenvalue weighted by Crippen LogP contribution is 2.14. The molecule has 0 amide bonds. The van der Waals surface area contributed by atoms with Crippen LogP contribution < -0.4 is 0 Å². The van der Waals surface area contributed by atoms with Crippen molar-refractivity contribution in [2.24, 2.45) is 0 Å². The minimum atomic E-state index is -3.38. The summed E-state index contributed by atoms with van der Waals surface area (Å²) in [6.45, 7) is 0. The first-order valence-electron chi connectivity index (χ1n) is 2.94. The van der Waals surface area contributed by atoms with E-state index in [4.69, 9.17) is 5.11 Å². The molecule has 1 N–H and O–H groups in total. The van der Waals surface area contributed by atoms with Crippen LogP contribution in [0, 0.1) is 10.1 Å². The number of nitrogens with zero attached hydrogens (tertiary/aromatic N) is 1. The van der Waals surface area contributed by atoms with Crippen LogP contribution >= 0.6 is 0 Å². The molecule has 1 fully saturated rings. The second kappa shape index (κ2) is 2.42. The predicted octanol–water partition coefficient (Wildman–Crippen LogP) is -1.58. The molecule has 0 radical (unpaired) electrons. The Morgan fingerprint density at radius 1 is 1.45 bits per heavy atom. The third-order valence-corrected chi connectivity index (χ3v) is 3.26. The van der Waals surface area contributed by atoms with Gasteiger partial charge in [0, 0.05) is 4.92 Å². The lowest BCUT2D eigenvalue weighted by Gasteiger charge is -2.01. The topological polar surface area (TPSA) is 97.5 Å². The van der Waals surface area contributed by atoms with E-state index in [-0.39, 0.29) is 0 Å². The third kappa shape index (κ3) is 1.66. The average Bonchev–Trinajstić information content (AvgIpc) is 2.05. The van der Waals surface area contributed by atoms with E-state index in [0.29, 0.717) is 0 Å². The van der Waals surface area contributed by atoms with Crippen LogP contribution in [-0.2, 0) is 9.84 Å². The van der Waals surface area contributed by atoms with Gasteiger partial charge in [-0.1, -0.05) is 0 Å². The molecule has 0 aromatic rings.